The Labute approximate surface area is 236 Å². The zero-order chi connectivity index (χ0) is 26.7. The van der Waals surface area contributed by atoms with Crippen molar-refractivity contribution < 1.29 is 14.3 Å². The zero-order valence-corrected chi connectivity index (χ0v) is 23.3. The molecule has 0 saturated carbocycles. The van der Waals surface area contributed by atoms with Crippen LogP contribution in [-0.2, 0) is 4.79 Å². The number of halogens is 4. The predicted octanol–water partition coefficient (Wildman–Crippen LogP) is 6.90. The maximum absolute atomic E-state index is 12.7. The molecule has 10 heteroatoms. The second-order valence-corrected chi connectivity index (χ2v) is 10.3. The van der Waals surface area contributed by atoms with E-state index >= 15 is 0 Å². The van der Waals surface area contributed by atoms with Crippen LogP contribution in [0.3, 0.4) is 0 Å². The predicted molar refractivity (Wildman–Crippen MR) is 151 cm³/mol. The van der Waals surface area contributed by atoms with Gasteiger partial charge < -0.3 is 19.9 Å². The first-order chi connectivity index (χ1) is 17.7. The van der Waals surface area contributed by atoms with Crippen LogP contribution in [0.1, 0.15) is 21.5 Å². The van der Waals surface area contributed by atoms with Crippen LogP contribution in [-0.4, -0.2) is 49.5 Å². The number of nitrogens with zero attached hydrogens (tertiary/aromatic N) is 2. The van der Waals surface area contributed by atoms with Gasteiger partial charge in [0.2, 0.25) is 0 Å². The third-order valence-electron chi connectivity index (χ3n) is 6.24. The van der Waals surface area contributed by atoms with Crippen molar-refractivity contribution in [3.05, 3.63) is 85.3 Å². The smallest absolute Gasteiger partial charge is 0.262 e. The van der Waals surface area contributed by atoms with E-state index in [2.05, 4.69) is 10.2 Å². The van der Waals surface area contributed by atoms with Gasteiger partial charge in [-0.05, 0) is 73.5 Å². The third kappa shape index (κ3) is 6.27. The van der Waals surface area contributed by atoms with Crippen LogP contribution in [0.5, 0.6) is 5.75 Å². The Morgan fingerprint density at radius 2 is 1.38 bits per heavy atom. The van der Waals surface area contributed by atoms with Gasteiger partial charge in [-0.3, -0.25) is 9.59 Å². The summed E-state index contributed by atoms with van der Waals surface area (Å²) in [6.45, 7) is 5.92. The van der Waals surface area contributed by atoms with E-state index in [9.17, 15) is 9.59 Å². The van der Waals surface area contributed by atoms with Crippen LogP contribution in [0.2, 0.25) is 20.1 Å². The molecule has 0 aliphatic carbocycles. The molecule has 0 aromatic heterocycles. The standard InChI is InChI=1S/C27H25Cl4N3O3/c1-16-23(29)17(2)25(31)26(24(16)30)37-15-22(35)32-20-7-9-21(10-8-20)33-11-13-34(14-12-33)27(36)18-3-5-19(28)6-4-18/h3-10H,11-15H2,1-2H3,(H,32,35). The lowest BCUT2D eigenvalue weighted by atomic mass is 10.1. The maximum Gasteiger partial charge on any atom is 0.262 e. The number of rotatable bonds is 6. The summed E-state index contributed by atoms with van der Waals surface area (Å²) in [6.07, 6.45) is 0. The molecule has 0 bridgehead atoms. The molecule has 1 fully saturated rings. The normalized spacial score (nSPS) is 13.5. The lowest BCUT2D eigenvalue weighted by Gasteiger charge is -2.36. The van der Waals surface area contributed by atoms with Crippen molar-refractivity contribution in [2.45, 2.75) is 13.8 Å². The number of hydrogen-bond acceptors (Lipinski definition) is 4. The van der Waals surface area contributed by atoms with Crippen molar-refractivity contribution >= 4 is 69.6 Å². The van der Waals surface area contributed by atoms with E-state index in [-0.39, 0.29) is 34.2 Å². The minimum absolute atomic E-state index is 0.00286. The molecule has 2 amide bonds. The first-order valence-corrected chi connectivity index (χ1v) is 13.1. The van der Waals surface area contributed by atoms with E-state index in [0.717, 1.165) is 5.69 Å². The van der Waals surface area contributed by atoms with Crippen molar-refractivity contribution in [1.82, 2.24) is 4.90 Å². The van der Waals surface area contributed by atoms with Crippen LogP contribution in [0.25, 0.3) is 0 Å². The summed E-state index contributed by atoms with van der Waals surface area (Å²) in [6, 6.07) is 14.5. The summed E-state index contributed by atoms with van der Waals surface area (Å²) < 4.78 is 5.62. The van der Waals surface area contributed by atoms with E-state index < -0.39 is 0 Å². The molecule has 1 aliphatic heterocycles. The molecule has 3 aromatic rings. The minimum Gasteiger partial charge on any atom is -0.481 e. The fraction of sp³-hybridized carbons (Fsp3) is 0.259. The Kier molecular flexibility index (Phi) is 8.75. The van der Waals surface area contributed by atoms with Gasteiger partial charge in [0.1, 0.15) is 0 Å². The number of hydrogen-bond donors (Lipinski definition) is 1. The average Bonchev–Trinajstić information content (AvgIpc) is 2.91. The molecule has 0 unspecified atom stereocenters. The van der Waals surface area contributed by atoms with Gasteiger partial charge in [0.25, 0.3) is 11.8 Å². The number of benzene rings is 3. The Balaban J connectivity index is 1.29. The molecule has 1 N–H and O–H groups in total. The molecule has 1 heterocycles. The number of amides is 2. The summed E-state index contributed by atoms with van der Waals surface area (Å²) in [5.41, 5.74) is 3.57. The van der Waals surface area contributed by atoms with E-state index in [1.54, 1.807) is 38.1 Å². The lowest BCUT2D eigenvalue weighted by Crippen LogP contribution is -2.48. The fourth-order valence-corrected chi connectivity index (χ4v) is 5.02. The molecule has 1 saturated heterocycles. The van der Waals surface area contributed by atoms with Crippen molar-refractivity contribution in [1.29, 1.82) is 0 Å². The van der Waals surface area contributed by atoms with Gasteiger partial charge in [0.15, 0.2) is 12.4 Å². The Morgan fingerprint density at radius 3 is 1.95 bits per heavy atom. The molecule has 4 rings (SSSR count). The summed E-state index contributed by atoms with van der Waals surface area (Å²) in [5.74, 6) is -0.107. The summed E-state index contributed by atoms with van der Waals surface area (Å²) >= 11 is 24.8. The van der Waals surface area contributed by atoms with Crippen LogP contribution in [0, 0.1) is 13.8 Å². The monoisotopic (exact) mass is 579 g/mol. The SMILES string of the molecule is Cc1c(Cl)c(C)c(Cl)c(OCC(=O)Nc2ccc(N3CCN(C(=O)c4ccc(Cl)cc4)CC3)cc2)c1Cl. The average molecular weight is 581 g/mol. The second kappa shape index (κ2) is 11.8. The Morgan fingerprint density at radius 1 is 0.811 bits per heavy atom. The minimum atomic E-state index is -0.348. The van der Waals surface area contributed by atoms with Crippen molar-refractivity contribution in [2.24, 2.45) is 0 Å². The maximum atomic E-state index is 12.7. The number of ether oxygens (including phenoxy) is 1. The fourth-order valence-electron chi connectivity index (χ4n) is 4.07. The molecule has 3 aromatic carbocycles. The van der Waals surface area contributed by atoms with E-state index in [0.29, 0.717) is 58.6 Å². The highest BCUT2D eigenvalue weighted by Crippen LogP contribution is 2.42. The van der Waals surface area contributed by atoms with E-state index in [4.69, 9.17) is 51.1 Å². The quantitative estimate of drug-likeness (QED) is 0.344. The van der Waals surface area contributed by atoms with Crippen LogP contribution >= 0.6 is 46.4 Å². The third-order valence-corrected chi connectivity index (χ3v) is 7.97. The number of anilines is 2. The van der Waals surface area contributed by atoms with E-state index in [1.807, 2.05) is 29.2 Å². The van der Waals surface area contributed by atoms with Crippen LogP contribution < -0.4 is 15.0 Å². The van der Waals surface area contributed by atoms with Crippen LogP contribution in [0.15, 0.2) is 48.5 Å². The zero-order valence-electron chi connectivity index (χ0n) is 20.3. The molecule has 37 heavy (non-hydrogen) atoms. The van der Waals surface area contributed by atoms with Gasteiger partial charge in [-0.2, -0.15) is 0 Å². The van der Waals surface area contributed by atoms with Crippen molar-refractivity contribution in [2.75, 3.05) is 43.0 Å². The summed E-state index contributed by atoms with van der Waals surface area (Å²) in [5, 5.41) is 4.46. The number of carbonyl (C=O) groups is 2. The molecule has 194 valence electrons. The topological polar surface area (TPSA) is 61.9 Å². The second-order valence-electron chi connectivity index (χ2n) is 8.69. The molecule has 1 aliphatic rings. The van der Waals surface area contributed by atoms with Gasteiger partial charge in [0, 0.05) is 53.2 Å². The van der Waals surface area contributed by atoms with Crippen molar-refractivity contribution in [3.8, 4) is 5.75 Å². The Hall–Kier alpha value is -2.64. The van der Waals surface area contributed by atoms with E-state index in [1.165, 1.54) is 0 Å². The summed E-state index contributed by atoms with van der Waals surface area (Å²) in [7, 11) is 0. The highest BCUT2D eigenvalue weighted by atomic mass is 35.5. The van der Waals surface area contributed by atoms with Gasteiger partial charge in [0.05, 0.1) is 10.0 Å². The number of carbonyl (C=O) groups excluding carboxylic acids is 2. The molecular formula is C27H25Cl4N3O3. The first kappa shape index (κ1) is 27.4. The Bertz CT molecular complexity index is 1280. The van der Waals surface area contributed by atoms with Gasteiger partial charge >= 0.3 is 0 Å². The number of piperazine rings is 1. The highest BCUT2D eigenvalue weighted by molar-refractivity contribution is 6.42. The van der Waals surface area contributed by atoms with Gasteiger partial charge in [-0.15, -0.1) is 0 Å². The summed E-state index contributed by atoms with van der Waals surface area (Å²) in [4.78, 5) is 29.2. The molecule has 0 spiro atoms. The molecular weight excluding hydrogens is 556 g/mol. The molecule has 0 atom stereocenters. The number of nitrogens with one attached hydrogen (secondary N) is 1. The molecule has 6 nitrogen and oxygen atoms in total. The van der Waals surface area contributed by atoms with Crippen molar-refractivity contribution in [3.63, 3.8) is 0 Å². The first-order valence-electron chi connectivity index (χ1n) is 11.6. The van der Waals surface area contributed by atoms with Gasteiger partial charge in [-0.1, -0.05) is 46.4 Å². The molecule has 0 radical (unpaired) electrons. The van der Waals surface area contributed by atoms with Gasteiger partial charge in [-0.25, -0.2) is 0 Å². The van der Waals surface area contributed by atoms with Crippen LogP contribution in [0.4, 0.5) is 11.4 Å². The highest BCUT2D eigenvalue weighted by Gasteiger charge is 2.23. The largest absolute Gasteiger partial charge is 0.481 e. The lowest BCUT2D eigenvalue weighted by molar-refractivity contribution is -0.118.